The van der Waals surface area contributed by atoms with Crippen molar-refractivity contribution in [1.29, 1.82) is 0 Å². The van der Waals surface area contributed by atoms with Crippen LogP contribution in [-0.4, -0.2) is 38.7 Å². The van der Waals surface area contributed by atoms with E-state index >= 15 is 0 Å². The van der Waals surface area contributed by atoms with Crippen molar-refractivity contribution >= 4 is 27.2 Å². The highest BCUT2D eigenvalue weighted by atomic mass is 32.2. The fourth-order valence-electron chi connectivity index (χ4n) is 2.37. The van der Waals surface area contributed by atoms with Crippen molar-refractivity contribution in [3.8, 4) is 0 Å². The number of rotatable bonds is 4. The molecule has 0 unspecified atom stereocenters. The van der Waals surface area contributed by atoms with Crippen LogP contribution >= 0.6 is 0 Å². The van der Waals surface area contributed by atoms with E-state index in [9.17, 15) is 18.0 Å². The van der Waals surface area contributed by atoms with Crippen LogP contribution in [-0.2, 0) is 14.6 Å². The molecule has 0 aromatic heterocycles. The summed E-state index contributed by atoms with van der Waals surface area (Å²) in [6.07, 6.45) is 1.48. The molecule has 1 amide bonds. The van der Waals surface area contributed by atoms with Crippen molar-refractivity contribution in [3.05, 3.63) is 28.8 Å². The Morgan fingerprint density at radius 3 is 2.40 bits per heavy atom. The molecule has 1 aliphatic rings. The van der Waals surface area contributed by atoms with Gasteiger partial charge in [0, 0.05) is 12.8 Å². The highest BCUT2D eigenvalue weighted by molar-refractivity contribution is 7.90. The number of carbonyl (C=O) groups is 2. The molecule has 5 nitrogen and oxygen atoms in total. The Morgan fingerprint density at radius 2 is 1.80 bits per heavy atom. The zero-order valence-corrected chi connectivity index (χ0v) is 12.6. The lowest BCUT2D eigenvalue weighted by molar-refractivity contribution is -0.114. The van der Waals surface area contributed by atoms with Gasteiger partial charge in [-0.1, -0.05) is 6.07 Å². The van der Waals surface area contributed by atoms with Gasteiger partial charge in [-0.15, -0.1) is 0 Å². The second kappa shape index (κ2) is 5.01. The maximum absolute atomic E-state index is 12.0. The molecule has 6 heteroatoms. The van der Waals surface area contributed by atoms with Crippen LogP contribution < -0.4 is 4.90 Å². The first-order valence-corrected chi connectivity index (χ1v) is 8.42. The highest BCUT2D eigenvalue weighted by Crippen LogP contribution is 2.34. The third-order valence-corrected chi connectivity index (χ3v) is 4.58. The largest absolute Gasteiger partial charge is 0.304 e. The van der Waals surface area contributed by atoms with E-state index in [1.165, 1.54) is 4.90 Å². The van der Waals surface area contributed by atoms with Gasteiger partial charge in [0.15, 0.2) is 0 Å². The molecule has 1 aliphatic heterocycles. The minimum Gasteiger partial charge on any atom is -0.304 e. The van der Waals surface area contributed by atoms with Crippen molar-refractivity contribution in [2.24, 2.45) is 0 Å². The van der Waals surface area contributed by atoms with Gasteiger partial charge in [-0.3, -0.25) is 9.59 Å². The molecule has 1 heterocycles. The number of Topliss-reactive ketones (excluding diaryl/α,β-unsaturated/α-hetero) is 1. The predicted molar refractivity (Wildman–Crippen MR) is 76.9 cm³/mol. The Hall–Kier alpha value is -1.69. The van der Waals surface area contributed by atoms with Crippen LogP contribution in [0.15, 0.2) is 12.1 Å². The minimum absolute atomic E-state index is 0.00513. The van der Waals surface area contributed by atoms with E-state index in [2.05, 4.69) is 0 Å². The maximum Gasteiger partial charge on any atom is 0.299 e. The van der Waals surface area contributed by atoms with Crippen molar-refractivity contribution in [1.82, 2.24) is 0 Å². The molecule has 1 aromatic rings. The average Bonchev–Trinajstić information content (AvgIpc) is 2.58. The molecule has 0 saturated heterocycles. The zero-order chi connectivity index (χ0) is 15.1. The summed E-state index contributed by atoms with van der Waals surface area (Å²) in [5, 5.41) is 0. The third-order valence-electron chi connectivity index (χ3n) is 3.55. The van der Waals surface area contributed by atoms with Crippen LogP contribution in [0.3, 0.4) is 0 Å². The fraction of sp³-hybridized carbons (Fsp3) is 0.429. The first-order valence-electron chi connectivity index (χ1n) is 6.36. The molecule has 0 atom stereocenters. The van der Waals surface area contributed by atoms with E-state index in [1.807, 2.05) is 19.9 Å². The van der Waals surface area contributed by atoms with Crippen molar-refractivity contribution < 1.29 is 18.0 Å². The lowest BCUT2D eigenvalue weighted by Gasteiger charge is -2.19. The van der Waals surface area contributed by atoms with Gasteiger partial charge >= 0.3 is 0 Å². The van der Waals surface area contributed by atoms with Gasteiger partial charge in [0.1, 0.15) is 9.84 Å². The maximum atomic E-state index is 12.0. The Kier molecular flexibility index (Phi) is 3.69. The monoisotopic (exact) mass is 295 g/mol. The topological polar surface area (TPSA) is 71.5 Å². The Labute approximate surface area is 118 Å². The SMILES string of the molecule is Cc1ccc2c(c1C)N(CCCS(C)(=O)=O)C(=O)C2=O. The van der Waals surface area contributed by atoms with E-state index in [4.69, 9.17) is 0 Å². The first-order chi connectivity index (χ1) is 9.22. The first kappa shape index (κ1) is 14.7. The van der Waals surface area contributed by atoms with Gasteiger partial charge < -0.3 is 4.90 Å². The molecule has 2 rings (SSSR count). The predicted octanol–water partition coefficient (Wildman–Crippen LogP) is 1.27. The molecule has 20 heavy (non-hydrogen) atoms. The second-order valence-corrected chi connectivity index (χ2v) is 7.43. The molecule has 0 fully saturated rings. The number of hydrogen-bond acceptors (Lipinski definition) is 4. The summed E-state index contributed by atoms with van der Waals surface area (Å²) in [5.41, 5.74) is 2.94. The number of sulfone groups is 1. The van der Waals surface area contributed by atoms with Gasteiger partial charge in [0.2, 0.25) is 0 Å². The summed E-state index contributed by atoms with van der Waals surface area (Å²) >= 11 is 0. The van der Waals surface area contributed by atoms with Crippen LogP contribution in [0.25, 0.3) is 0 Å². The number of carbonyl (C=O) groups excluding carboxylic acids is 2. The number of benzene rings is 1. The normalized spacial score (nSPS) is 14.8. The van der Waals surface area contributed by atoms with E-state index in [-0.39, 0.29) is 12.3 Å². The summed E-state index contributed by atoms with van der Waals surface area (Å²) in [6.45, 7) is 4.02. The van der Waals surface area contributed by atoms with Gasteiger partial charge in [0.25, 0.3) is 11.7 Å². The molecule has 0 spiro atoms. The summed E-state index contributed by atoms with van der Waals surface area (Å²) in [7, 11) is -3.07. The van der Waals surface area contributed by atoms with Crippen LogP contribution in [0, 0.1) is 13.8 Å². The lowest BCUT2D eigenvalue weighted by atomic mass is 10.0. The van der Waals surface area contributed by atoms with E-state index in [0.29, 0.717) is 17.7 Å². The Bertz CT molecular complexity index is 691. The molecular formula is C14H17NO4S. The van der Waals surface area contributed by atoms with E-state index < -0.39 is 21.5 Å². The molecular weight excluding hydrogens is 278 g/mol. The van der Waals surface area contributed by atoms with E-state index in [0.717, 1.165) is 17.4 Å². The summed E-state index contributed by atoms with van der Waals surface area (Å²) in [4.78, 5) is 25.3. The van der Waals surface area contributed by atoms with E-state index in [1.54, 1.807) is 6.07 Å². The zero-order valence-electron chi connectivity index (χ0n) is 11.8. The molecule has 0 radical (unpaired) electrons. The number of amides is 1. The number of hydrogen-bond donors (Lipinski definition) is 0. The Morgan fingerprint density at radius 1 is 1.15 bits per heavy atom. The molecule has 0 saturated carbocycles. The van der Waals surface area contributed by atoms with Crippen LogP contribution in [0.1, 0.15) is 27.9 Å². The summed E-state index contributed by atoms with van der Waals surface area (Å²) in [6, 6.07) is 3.48. The molecule has 108 valence electrons. The Balaban J connectivity index is 2.30. The standard InChI is InChI=1S/C14H17NO4S/c1-9-5-6-11-12(10(9)2)15(14(17)13(11)16)7-4-8-20(3,18)19/h5-6H,4,7-8H2,1-3H3. The number of aryl methyl sites for hydroxylation is 1. The van der Waals surface area contributed by atoms with Crippen molar-refractivity contribution in [2.75, 3.05) is 23.5 Å². The fourth-order valence-corrected chi connectivity index (χ4v) is 3.02. The molecule has 0 aliphatic carbocycles. The summed E-state index contributed by atoms with van der Waals surface area (Å²) in [5.74, 6) is -1.07. The second-order valence-electron chi connectivity index (χ2n) is 5.17. The number of fused-ring (bicyclic) bond motifs is 1. The molecule has 0 N–H and O–H groups in total. The average molecular weight is 295 g/mol. The van der Waals surface area contributed by atoms with Crippen molar-refractivity contribution in [2.45, 2.75) is 20.3 Å². The molecule has 1 aromatic carbocycles. The smallest absolute Gasteiger partial charge is 0.299 e. The van der Waals surface area contributed by atoms with Gasteiger partial charge in [0.05, 0.1) is 17.0 Å². The van der Waals surface area contributed by atoms with Crippen LogP contribution in [0.5, 0.6) is 0 Å². The number of ketones is 1. The third kappa shape index (κ3) is 2.60. The van der Waals surface area contributed by atoms with Gasteiger partial charge in [-0.25, -0.2) is 8.42 Å². The quantitative estimate of drug-likeness (QED) is 0.784. The number of nitrogens with zero attached hydrogens (tertiary/aromatic N) is 1. The number of anilines is 1. The molecule has 0 bridgehead atoms. The van der Waals surface area contributed by atoms with Gasteiger partial charge in [-0.2, -0.15) is 0 Å². The van der Waals surface area contributed by atoms with Crippen molar-refractivity contribution in [3.63, 3.8) is 0 Å². The van der Waals surface area contributed by atoms with Crippen LogP contribution in [0.4, 0.5) is 5.69 Å². The van der Waals surface area contributed by atoms with Gasteiger partial charge in [-0.05, 0) is 37.5 Å². The lowest BCUT2D eigenvalue weighted by Crippen LogP contribution is -2.32. The highest BCUT2D eigenvalue weighted by Gasteiger charge is 2.36. The van der Waals surface area contributed by atoms with Crippen LogP contribution in [0.2, 0.25) is 0 Å². The minimum atomic E-state index is -3.07. The summed E-state index contributed by atoms with van der Waals surface area (Å²) < 4.78 is 22.3.